The van der Waals surface area contributed by atoms with Crippen LogP contribution in [-0.2, 0) is 10.8 Å². The van der Waals surface area contributed by atoms with Crippen LogP contribution in [0.15, 0.2) is 0 Å². The average molecular weight is 329 g/mol. The molecule has 1 N–H and O–H groups in total. The molecule has 0 radical (unpaired) electrons. The molecule has 9 heteroatoms. The SMILES string of the molecule is C[C@H]1CN(C(=O)NC[C@H](C)[S@@](C)=O)CCN1CC(F)(F)F. The van der Waals surface area contributed by atoms with Gasteiger partial charge in [0, 0.05) is 54.5 Å². The minimum Gasteiger partial charge on any atom is -0.337 e. The number of hydrogen-bond acceptors (Lipinski definition) is 3. The largest absolute Gasteiger partial charge is 0.401 e. The smallest absolute Gasteiger partial charge is 0.337 e. The summed E-state index contributed by atoms with van der Waals surface area (Å²) in [7, 11) is -1.02. The Kier molecular flexibility index (Phi) is 6.45. The first-order chi connectivity index (χ1) is 9.60. The van der Waals surface area contributed by atoms with Crippen molar-refractivity contribution in [2.75, 3.05) is 39.0 Å². The molecule has 0 aliphatic carbocycles. The van der Waals surface area contributed by atoms with Gasteiger partial charge in [-0.25, -0.2) is 4.79 Å². The van der Waals surface area contributed by atoms with Crippen LogP contribution in [0, 0.1) is 0 Å². The van der Waals surface area contributed by atoms with E-state index >= 15 is 0 Å². The van der Waals surface area contributed by atoms with Gasteiger partial charge in [-0.2, -0.15) is 13.2 Å². The molecule has 1 fully saturated rings. The van der Waals surface area contributed by atoms with Crippen LogP contribution in [0.2, 0.25) is 0 Å². The number of rotatable bonds is 4. The van der Waals surface area contributed by atoms with Crippen molar-refractivity contribution in [1.29, 1.82) is 0 Å². The quantitative estimate of drug-likeness (QED) is 0.838. The molecule has 0 bridgehead atoms. The number of halogens is 3. The fourth-order valence-corrected chi connectivity index (χ4v) is 2.42. The molecule has 0 aromatic rings. The first kappa shape index (κ1) is 18.2. The van der Waals surface area contributed by atoms with Crippen LogP contribution >= 0.6 is 0 Å². The van der Waals surface area contributed by atoms with E-state index in [4.69, 9.17) is 0 Å². The number of amides is 2. The predicted octanol–water partition coefficient (Wildman–Crippen LogP) is 1.03. The van der Waals surface area contributed by atoms with Crippen molar-refractivity contribution in [3.63, 3.8) is 0 Å². The zero-order chi connectivity index (χ0) is 16.2. The summed E-state index contributed by atoms with van der Waals surface area (Å²) in [6, 6.07) is -0.658. The Bertz CT molecular complexity index is 392. The maximum absolute atomic E-state index is 12.4. The van der Waals surface area contributed by atoms with Gasteiger partial charge in [0.25, 0.3) is 0 Å². The van der Waals surface area contributed by atoms with E-state index < -0.39 is 23.5 Å². The Hall–Kier alpha value is -0.830. The third-order valence-corrected chi connectivity index (χ3v) is 4.84. The second-order valence-electron chi connectivity index (χ2n) is 5.38. The highest BCUT2D eigenvalue weighted by Crippen LogP contribution is 2.20. The number of nitrogens with zero attached hydrogens (tertiary/aromatic N) is 2. The lowest BCUT2D eigenvalue weighted by Crippen LogP contribution is -2.57. The molecule has 1 rings (SSSR count). The van der Waals surface area contributed by atoms with E-state index in [1.54, 1.807) is 20.1 Å². The Balaban J connectivity index is 2.43. The Morgan fingerprint density at radius 3 is 2.52 bits per heavy atom. The Morgan fingerprint density at radius 1 is 1.43 bits per heavy atom. The molecule has 1 heterocycles. The summed E-state index contributed by atoms with van der Waals surface area (Å²) in [6.45, 7) is 3.49. The molecule has 0 aromatic heterocycles. The van der Waals surface area contributed by atoms with Crippen molar-refractivity contribution in [2.45, 2.75) is 31.3 Å². The van der Waals surface area contributed by atoms with Gasteiger partial charge in [-0.3, -0.25) is 9.11 Å². The van der Waals surface area contributed by atoms with E-state index in [2.05, 4.69) is 5.32 Å². The number of carbonyl (C=O) groups excluding carboxylic acids is 1. The van der Waals surface area contributed by atoms with E-state index in [0.29, 0.717) is 6.54 Å². The lowest BCUT2D eigenvalue weighted by atomic mass is 10.2. The van der Waals surface area contributed by atoms with Crippen LogP contribution in [-0.4, -0.2) is 76.5 Å². The lowest BCUT2D eigenvalue weighted by Gasteiger charge is -2.40. The van der Waals surface area contributed by atoms with Crippen molar-refractivity contribution in [1.82, 2.24) is 15.1 Å². The van der Waals surface area contributed by atoms with Gasteiger partial charge in [0.1, 0.15) is 0 Å². The Labute approximate surface area is 125 Å². The molecule has 2 amide bonds. The molecule has 1 aliphatic rings. The first-order valence-corrected chi connectivity index (χ1v) is 8.38. The van der Waals surface area contributed by atoms with Gasteiger partial charge in [-0.1, -0.05) is 0 Å². The predicted molar refractivity (Wildman–Crippen MR) is 75.6 cm³/mol. The number of carbonyl (C=O) groups is 1. The first-order valence-electron chi connectivity index (χ1n) is 6.76. The third kappa shape index (κ3) is 6.21. The molecule has 1 aliphatic heterocycles. The second-order valence-corrected chi connectivity index (χ2v) is 7.18. The maximum atomic E-state index is 12.4. The molecule has 3 atom stereocenters. The summed E-state index contributed by atoms with van der Waals surface area (Å²) in [5.41, 5.74) is 0. The van der Waals surface area contributed by atoms with E-state index in [9.17, 15) is 22.2 Å². The number of nitrogens with one attached hydrogen (secondary N) is 1. The maximum Gasteiger partial charge on any atom is 0.401 e. The zero-order valence-electron chi connectivity index (χ0n) is 12.4. The molecular weight excluding hydrogens is 307 g/mol. The fourth-order valence-electron chi connectivity index (χ4n) is 2.11. The monoisotopic (exact) mass is 329 g/mol. The van der Waals surface area contributed by atoms with Crippen molar-refractivity contribution in [2.24, 2.45) is 0 Å². The molecule has 1 saturated heterocycles. The number of piperazine rings is 1. The number of urea groups is 1. The van der Waals surface area contributed by atoms with Crippen molar-refractivity contribution >= 4 is 16.8 Å². The van der Waals surface area contributed by atoms with Crippen molar-refractivity contribution in [3.8, 4) is 0 Å². The number of alkyl halides is 3. The third-order valence-electron chi connectivity index (χ3n) is 3.54. The molecule has 21 heavy (non-hydrogen) atoms. The van der Waals surface area contributed by atoms with Gasteiger partial charge in [0.05, 0.1) is 6.54 Å². The summed E-state index contributed by atoms with van der Waals surface area (Å²) < 4.78 is 48.4. The van der Waals surface area contributed by atoms with E-state index in [1.807, 2.05) is 0 Å². The second kappa shape index (κ2) is 7.44. The fraction of sp³-hybridized carbons (Fsp3) is 0.917. The van der Waals surface area contributed by atoms with E-state index in [0.717, 1.165) is 0 Å². The minimum atomic E-state index is -4.22. The average Bonchev–Trinajstić information content (AvgIpc) is 2.36. The molecule has 0 saturated carbocycles. The van der Waals surface area contributed by atoms with Crippen LogP contribution < -0.4 is 5.32 Å². The number of hydrogen-bond donors (Lipinski definition) is 1. The molecule has 0 spiro atoms. The molecule has 0 aromatic carbocycles. The molecule has 124 valence electrons. The standard InChI is InChI=1S/C12H22F3N3O2S/c1-9-7-17(4-5-18(9)8-12(13,14)15)11(19)16-6-10(2)21(3)20/h9-10H,4-8H2,1-3H3,(H,16,19)/t9-,10-,21+/m0/s1. The van der Waals surface area contributed by atoms with Gasteiger partial charge >= 0.3 is 12.2 Å². The molecular formula is C12H22F3N3O2S. The summed E-state index contributed by atoms with van der Waals surface area (Å²) in [5.74, 6) is 0. The van der Waals surface area contributed by atoms with E-state index in [1.165, 1.54) is 9.80 Å². The molecule has 5 nitrogen and oxygen atoms in total. The summed E-state index contributed by atoms with van der Waals surface area (Å²) in [4.78, 5) is 14.8. The summed E-state index contributed by atoms with van der Waals surface area (Å²) >= 11 is 0. The van der Waals surface area contributed by atoms with Gasteiger partial charge < -0.3 is 10.2 Å². The summed E-state index contributed by atoms with van der Waals surface area (Å²) in [6.07, 6.45) is -2.66. The highest BCUT2D eigenvalue weighted by molar-refractivity contribution is 7.84. The highest BCUT2D eigenvalue weighted by Gasteiger charge is 2.35. The van der Waals surface area contributed by atoms with Gasteiger partial charge in [0.2, 0.25) is 0 Å². The van der Waals surface area contributed by atoms with Crippen LogP contribution in [0.1, 0.15) is 13.8 Å². The van der Waals surface area contributed by atoms with Crippen LogP contribution in [0.4, 0.5) is 18.0 Å². The zero-order valence-corrected chi connectivity index (χ0v) is 13.3. The topological polar surface area (TPSA) is 52.7 Å². The lowest BCUT2D eigenvalue weighted by molar-refractivity contribution is -0.153. The van der Waals surface area contributed by atoms with Gasteiger partial charge in [-0.15, -0.1) is 0 Å². The van der Waals surface area contributed by atoms with Crippen LogP contribution in [0.3, 0.4) is 0 Å². The van der Waals surface area contributed by atoms with Crippen LogP contribution in [0.5, 0.6) is 0 Å². The van der Waals surface area contributed by atoms with Crippen molar-refractivity contribution in [3.05, 3.63) is 0 Å². The highest BCUT2D eigenvalue weighted by atomic mass is 32.2. The van der Waals surface area contributed by atoms with Crippen LogP contribution in [0.25, 0.3) is 0 Å². The van der Waals surface area contributed by atoms with Crippen molar-refractivity contribution < 1.29 is 22.2 Å². The van der Waals surface area contributed by atoms with E-state index in [-0.39, 0.29) is 37.0 Å². The summed E-state index contributed by atoms with van der Waals surface area (Å²) in [5, 5.41) is 2.52. The van der Waals surface area contributed by atoms with Gasteiger partial charge in [0.15, 0.2) is 0 Å². The minimum absolute atomic E-state index is 0.155. The normalized spacial score (nSPS) is 23.7. The van der Waals surface area contributed by atoms with Gasteiger partial charge in [-0.05, 0) is 13.8 Å². The molecule has 0 unspecified atom stereocenters. The Morgan fingerprint density at radius 2 is 2.05 bits per heavy atom.